The molecule has 10 heteroatoms. The second kappa shape index (κ2) is 14.6. The van der Waals surface area contributed by atoms with Crippen LogP contribution in [-0.4, -0.2) is 60.1 Å². The summed E-state index contributed by atoms with van der Waals surface area (Å²) in [5.74, 6) is -0.376. The van der Waals surface area contributed by atoms with Gasteiger partial charge in [-0.2, -0.15) is 11.8 Å². The van der Waals surface area contributed by atoms with Crippen molar-refractivity contribution in [3.05, 3.63) is 71.8 Å². The molecule has 3 N–H and O–H groups in total. The Hall–Kier alpha value is -3.53. The SMILES string of the molecule is COC(=O)[C@@H](NC(=O)C1(NC(=O)[C@H](Cc2ccccc2)NC(=O)OCc2ccccc2)CCSCC1)C(C)C. The van der Waals surface area contributed by atoms with Crippen molar-refractivity contribution in [2.45, 2.75) is 57.3 Å². The minimum Gasteiger partial charge on any atom is -0.467 e. The lowest BCUT2D eigenvalue weighted by Gasteiger charge is -2.38. The quantitative estimate of drug-likeness (QED) is 0.364. The number of hydrogen-bond acceptors (Lipinski definition) is 7. The summed E-state index contributed by atoms with van der Waals surface area (Å²) in [5.41, 5.74) is 0.426. The monoisotopic (exact) mass is 555 g/mol. The summed E-state index contributed by atoms with van der Waals surface area (Å²) in [6.07, 6.45) is 0.240. The van der Waals surface area contributed by atoms with Gasteiger partial charge in [-0.3, -0.25) is 9.59 Å². The fourth-order valence-corrected chi connectivity index (χ4v) is 5.51. The lowest BCUT2D eigenvalue weighted by atomic mass is 9.89. The number of rotatable bonds is 11. The van der Waals surface area contributed by atoms with Crippen LogP contribution < -0.4 is 16.0 Å². The molecular weight excluding hydrogens is 518 g/mol. The van der Waals surface area contributed by atoms with Crippen LogP contribution in [0.5, 0.6) is 0 Å². The molecule has 3 rings (SSSR count). The van der Waals surface area contributed by atoms with Gasteiger partial charge in [0.25, 0.3) is 0 Å². The average molecular weight is 556 g/mol. The maximum atomic E-state index is 13.7. The Morgan fingerprint density at radius 3 is 2.05 bits per heavy atom. The number of amides is 3. The van der Waals surface area contributed by atoms with E-state index in [1.807, 2.05) is 74.5 Å². The summed E-state index contributed by atoms with van der Waals surface area (Å²) in [6.45, 7) is 3.68. The molecule has 210 valence electrons. The molecule has 3 amide bonds. The molecular formula is C29H37N3O6S. The van der Waals surface area contributed by atoms with E-state index in [1.165, 1.54) is 7.11 Å². The van der Waals surface area contributed by atoms with Crippen LogP contribution in [0.2, 0.25) is 0 Å². The zero-order chi connectivity index (χ0) is 28.3. The number of thioether (sulfide) groups is 1. The van der Waals surface area contributed by atoms with Crippen LogP contribution >= 0.6 is 11.8 Å². The Kier molecular flexibility index (Phi) is 11.2. The average Bonchev–Trinajstić information content (AvgIpc) is 2.95. The molecule has 0 radical (unpaired) electrons. The number of alkyl carbamates (subject to hydrolysis) is 1. The second-order valence-electron chi connectivity index (χ2n) is 9.85. The highest BCUT2D eigenvalue weighted by molar-refractivity contribution is 7.99. The van der Waals surface area contributed by atoms with Crippen LogP contribution in [0.4, 0.5) is 4.79 Å². The Morgan fingerprint density at radius 1 is 0.897 bits per heavy atom. The van der Waals surface area contributed by atoms with Gasteiger partial charge in [-0.1, -0.05) is 74.5 Å². The highest BCUT2D eigenvalue weighted by atomic mass is 32.2. The molecule has 0 spiro atoms. The highest BCUT2D eigenvalue weighted by Crippen LogP contribution is 2.28. The summed E-state index contributed by atoms with van der Waals surface area (Å²) in [5, 5.41) is 8.43. The lowest BCUT2D eigenvalue weighted by molar-refractivity contribution is -0.147. The number of nitrogens with one attached hydrogen (secondary N) is 3. The summed E-state index contributed by atoms with van der Waals surface area (Å²) in [4.78, 5) is 52.3. The first-order valence-corrected chi connectivity index (χ1v) is 14.2. The summed E-state index contributed by atoms with van der Waals surface area (Å²) in [6, 6.07) is 16.7. The first kappa shape index (κ1) is 30.0. The number of ether oxygens (including phenoxy) is 2. The molecule has 39 heavy (non-hydrogen) atoms. The molecule has 1 aliphatic rings. The second-order valence-corrected chi connectivity index (χ2v) is 11.1. The van der Waals surface area contributed by atoms with Crippen molar-refractivity contribution in [1.82, 2.24) is 16.0 Å². The Bertz CT molecular complexity index is 1110. The molecule has 9 nitrogen and oxygen atoms in total. The third kappa shape index (κ3) is 8.74. The fourth-order valence-electron chi connectivity index (χ4n) is 4.32. The molecule has 0 bridgehead atoms. The Balaban J connectivity index is 1.78. The van der Waals surface area contributed by atoms with E-state index in [-0.39, 0.29) is 18.9 Å². The van der Waals surface area contributed by atoms with Gasteiger partial charge in [0.05, 0.1) is 7.11 Å². The van der Waals surface area contributed by atoms with E-state index in [0.717, 1.165) is 11.1 Å². The molecule has 2 aromatic carbocycles. The van der Waals surface area contributed by atoms with Gasteiger partial charge in [-0.05, 0) is 41.4 Å². The molecule has 0 saturated carbocycles. The van der Waals surface area contributed by atoms with Crippen LogP contribution in [-0.2, 0) is 36.9 Å². The maximum Gasteiger partial charge on any atom is 0.408 e. The van der Waals surface area contributed by atoms with Crippen LogP contribution in [0.1, 0.15) is 37.8 Å². The summed E-state index contributed by atoms with van der Waals surface area (Å²) in [7, 11) is 1.27. The minimum absolute atomic E-state index is 0.0556. The number of esters is 1. The van der Waals surface area contributed by atoms with E-state index in [9.17, 15) is 19.2 Å². The van der Waals surface area contributed by atoms with Crippen molar-refractivity contribution in [2.24, 2.45) is 5.92 Å². The van der Waals surface area contributed by atoms with Gasteiger partial charge in [-0.15, -0.1) is 0 Å². The number of carbonyl (C=O) groups is 4. The molecule has 1 saturated heterocycles. The van der Waals surface area contributed by atoms with Gasteiger partial charge in [-0.25, -0.2) is 9.59 Å². The topological polar surface area (TPSA) is 123 Å². The van der Waals surface area contributed by atoms with Gasteiger partial charge in [0.1, 0.15) is 24.2 Å². The Morgan fingerprint density at radius 2 is 1.49 bits per heavy atom. The number of hydrogen-bond donors (Lipinski definition) is 3. The summed E-state index contributed by atoms with van der Waals surface area (Å²) >= 11 is 1.69. The van der Waals surface area contributed by atoms with Crippen LogP contribution in [0, 0.1) is 5.92 Å². The van der Waals surface area contributed by atoms with E-state index in [2.05, 4.69) is 16.0 Å². The van der Waals surface area contributed by atoms with E-state index in [0.29, 0.717) is 24.3 Å². The predicted octanol–water partition coefficient (Wildman–Crippen LogP) is 3.22. The standard InChI is InChI=1S/C29H37N3O6S/c1-20(2)24(26(34)37-3)31-27(35)29(14-16-39-17-15-29)32-25(33)23(18-21-10-6-4-7-11-21)30-28(36)38-19-22-12-8-5-9-13-22/h4-13,20,23-24H,14-19H2,1-3H3,(H,30,36)(H,31,35)(H,32,33)/t23-,24-/m0/s1. The lowest BCUT2D eigenvalue weighted by Crippen LogP contribution is -2.65. The molecule has 2 atom stereocenters. The number of benzene rings is 2. The molecule has 1 fully saturated rings. The van der Waals surface area contributed by atoms with Gasteiger partial charge in [0.15, 0.2) is 0 Å². The molecule has 0 aliphatic carbocycles. The van der Waals surface area contributed by atoms with Crippen molar-refractivity contribution >= 4 is 35.6 Å². The zero-order valence-corrected chi connectivity index (χ0v) is 23.4. The van der Waals surface area contributed by atoms with Gasteiger partial charge < -0.3 is 25.4 Å². The van der Waals surface area contributed by atoms with Gasteiger partial charge in [0.2, 0.25) is 11.8 Å². The minimum atomic E-state index is -1.23. The van der Waals surface area contributed by atoms with Gasteiger partial charge >= 0.3 is 12.1 Å². The van der Waals surface area contributed by atoms with Crippen LogP contribution in [0.25, 0.3) is 0 Å². The van der Waals surface area contributed by atoms with Crippen molar-refractivity contribution in [3.63, 3.8) is 0 Å². The third-order valence-corrected chi connectivity index (χ3v) is 7.64. The van der Waals surface area contributed by atoms with Crippen molar-refractivity contribution in [1.29, 1.82) is 0 Å². The van der Waals surface area contributed by atoms with Crippen molar-refractivity contribution < 1.29 is 28.7 Å². The van der Waals surface area contributed by atoms with E-state index < -0.39 is 41.5 Å². The normalized spacial score (nSPS) is 15.9. The third-order valence-electron chi connectivity index (χ3n) is 6.66. The van der Waals surface area contributed by atoms with Crippen LogP contribution in [0.15, 0.2) is 60.7 Å². The van der Waals surface area contributed by atoms with Crippen molar-refractivity contribution in [3.8, 4) is 0 Å². The van der Waals surface area contributed by atoms with Gasteiger partial charge in [0, 0.05) is 6.42 Å². The first-order chi connectivity index (χ1) is 18.7. The Labute approximate surface area is 233 Å². The van der Waals surface area contributed by atoms with Crippen LogP contribution in [0.3, 0.4) is 0 Å². The summed E-state index contributed by atoms with van der Waals surface area (Å²) < 4.78 is 10.2. The highest BCUT2D eigenvalue weighted by Gasteiger charge is 2.44. The number of carbonyl (C=O) groups excluding carboxylic acids is 4. The predicted molar refractivity (Wildman–Crippen MR) is 150 cm³/mol. The van der Waals surface area contributed by atoms with E-state index >= 15 is 0 Å². The fraction of sp³-hybridized carbons (Fsp3) is 0.448. The molecule has 1 heterocycles. The van der Waals surface area contributed by atoms with Crippen molar-refractivity contribution in [2.75, 3.05) is 18.6 Å². The smallest absolute Gasteiger partial charge is 0.408 e. The number of methoxy groups -OCH3 is 1. The van der Waals surface area contributed by atoms with E-state index in [1.54, 1.807) is 11.8 Å². The maximum absolute atomic E-state index is 13.7. The molecule has 2 aromatic rings. The van der Waals surface area contributed by atoms with E-state index in [4.69, 9.17) is 9.47 Å². The first-order valence-electron chi connectivity index (χ1n) is 13.0. The molecule has 0 aromatic heterocycles. The molecule has 1 aliphatic heterocycles. The largest absolute Gasteiger partial charge is 0.467 e. The zero-order valence-electron chi connectivity index (χ0n) is 22.6. The molecule has 0 unspecified atom stereocenters.